The van der Waals surface area contributed by atoms with Crippen molar-refractivity contribution in [3.05, 3.63) is 52.2 Å². The molecule has 90 valence electrons. The van der Waals surface area contributed by atoms with Gasteiger partial charge in [0, 0.05) is 23.1 Å². The molecule has 1 aromatic rings. The van der Waals surface area contributed by atoms with E-state index in [1.165, 1.54) is 6.07 Å². The maximum Gasteiger partial charge on any atom is 0.182 e. The Morgan fingerprint density at radius 2 is 2.00 bits per heavy atom. The van der Waals surface area contributed by atoms with Crippen LogP contribution in [0.1, 0.15) is 12.5 Å². The Morgan fingerprint density at radius 3 is 2.78 bits per heavy atom. The molecular weight excluding hydrogens is 228 g/mol. The van der Waals surface area contributed by atoms with E-state index in [0.29, 0.717) is 11.3 Å². The van der Waals surface area contributed by atoms with Gasteiger partial charge in [-0.05, 0) is 36.2 Å². The molecule has 0 fully saturated rings. The highest BCUT2D eigenvalue weighted by molar-refractivity contribution is 5.88. The molecule has 18 heavy (non-hydrogen) atoms. The minimum absolute atomic E-state index is 0.0761. The highest BCUT2D eigenvalue weighted by Crippen LogP contribution is 2.34. The molecule has 1 aliphatic carbocycles. The van der Waals surface area contributed by atoms with Crippen molar-refractivity contribution < 1.29 is 9.52 Å². The van der Waals surface area contributed by atoms with Crippen molar-refractivity contribution in [3.8, 4) is 17.1 Å². The first-order chi connectivity index (χ1) is 8.69. The lowest BCUT2D eigenvalue weighted by atomic mass is 9.98. The highest BCUT2D eigenvalue weighted by Gasteiger charge is 2.14. The average Bonchev–Trinajstić information content (AvgIpc) is 2.35. The summed E-state index contributed by atoms with van der Waals surface area (Å²) in [5, 5.41) is 10.5. The van der Waals surface area contributed by atoms with Crippen LogP contribution in [0.5, 0.6) is 5.75 Å². The number of hydrogen-bond acceptors (Lipinski definition) is 3. The molecule has 0 atom stereocenters. The fourth-order valence-electron chi connectivity index (χ4n) is 2.33. The smallest absolute Gasteiger partial charge is 0.182 e. The second-order valence-electron chi connectivity index (χ2n) is 4.27. The van der Waals surface area contributed by atoms with Gasteiger partial charge in [-0.2, -0.15) is 0 Å². The van der Waals surface area contributed by atoms with Crippen molar-refractivity contribution in [1.82, 2.24) is 0 Å². The summed E-state index contributed by atoms with van der Waals surface area (Å²) in [5.41, 5.74) is 2.61. The molecule has 0 radical (unpaired) electrons. The van der Waals surface area contributed by atoms with Gasteiger partial charge in [-0.1, -0.05) is 6.92 Å². The average molecular weight is 240 g/mol. The molecule has 0 bridgehead atoms. The first-order valence-electron chi connectivity index (χ1n) is 5.87. The molecule has 3 heteroatoms. The van der Waals surface area contributed by atoms with Crippen LogP contribution in [-0.4, -0.2) is 5.11 Å². The molecule has 1 aromatic carbocycles. The zero-order valence-corrected chi connectivity index (χ0v) is 9.93. The lowest BCUT2D eigenvalue weighted by molar-refractivity contribution is 0.474. The lowest BCUT2D eigenvalue weighted by Crippen LogP contribution is -2.00. The monoisotopic (exact) mass is 240 g/mol. The topological polar surface area (TPSA) is 50.4 Å². The van der Waals surface area contributed by atoms with Crippen molar-refractivity contribution in [2.24, 2.45) is 0 Å². The zero-order valence-electron chi connectivity index (χ0n) is 9.93. The lowest BCUT2D eigenvalue weighted by Gasteiger charge is -2.13. The summed E-state index contributed by atoms with van der Waals surface area (Å²) in [6.45, 7) is 2.06. The van der Waals surface area contributed by atoms with Crippen LogP contribution in [0, 0.1) is 0 Å². The van der Waals surface area contributed by atoms with Crippen LogP contribution < -0.4 is 5.43 Å². The summed E-state index contributed by atoms with van der Waals surface area (Å²) in [4.78, 5) is 11.4. The standard InChI is InChI=1S/C15H12O3/c1-2-11-12-5-3-9(16)7-14(12)18-15-8-10(17)4-6-13(11)15/h3-8,16H,2H2,1H3. The van der Waals surface area contributed by atoms with Crippen molar-refractivity contribution in [2.75, 3.05) is 0 Å². The van der Waals surface area contributed by atoms with Crippen molar-refractivity contribution in [2.45, 2.75) is 13.3 Å². The summed E-state index contributed by atoms with van der Waals surface area (Å²) in [5.74, 6) is 0.725. The van der Waals surface area contributed by atoms with Crippen LogP contribution in [0.2, 0.25) is 0 Å². The number of phenols is 1. The molecule has 0 aromatic heterocycles. The van der Waals surface area contributed by atoms with Crippen molar-refractivity contribution >= 4 is 11.0 Å². The van der Waals surface area contributed by atoms with Gasteiger partial charge in [0.15, 0.2) is 5.43 Å². The number of aryl methyl sites for hydroxylation is 1. The second-order valence-corrected chi connectivity index (χ2v) is 4.27. The van der Waals surface area contributed by atoms with E-state index >= 15 is 0 Å². The van der Waals surface area contributed by atoms with Gasteiger partial charge in [-0.3, -0.25) is 4.79 Å². The summed E-state index contributed by atoms with van der Waals surface area (Å²) < 4.78 is 5.69. The summed E-state index contributed by atoms with van der Waals surface area (Å²) in [7, 11) is 0. The minimum Gasteiger partial charge on any atom is -0.508 e. The third kappa shape index (κ3) is 1.56. The van der Waals surface area contributed by atoms with Gasteiger partial charge in [-0.25, -0.2) is 0 Å². The van der Waals surface area contributed by atoms with E-state index in [1.54, 1.807) is 24.3 Å². The van der Waals surface area contributed by atoms with Crippen LogP contribution in [0.3, 0.4) is 0 Å². The molecule has 0 unspecified atom stereocenters. The Bertz CT molecular complexity index is 755. The van der Waals surface area contributed by atoms with Crippen molar-refractivity contribution in [1.29, 1.82) is 0 Å². The van der Waals surface area contributed by atoms with Crippen LogP contribution in [0.4, 0.5) is 0 Å². The van der Waals surface area contributed by atoms with Crippen LogP contribution in [-0.2, 0) is 6.42 Å². The Kier molecular flexibility index (Phi) is 2.33. The first kappa shape index (κ1) is 10.8. The fourth-order valence-corrected chi connectivity index (χ4v) is 2.33. The molecule has 3 nitrogen and oxygen atoms in total. The molecule has 1 N–H and O–H groups in total. The Balaban J connectivity index is 2.52. The van der Waals surface area contributed by atoms with Gasteiger partial charge >= 0.3 is 0 Å². The SMILES string of the molecule is CCc1c2ccc(=O)cc-2oc2cc(O)ccc12. The van der Waals surface area contributed by atoms with E-state index in [2.05, 4.69) is 6.92 Å². The highest BCUT2D eigenvalue weighted by atomic mass is 16.3. The molecular formula is C15H12O3. The summed E-state index contributed by atoms with van der Waals surface area (Å²) >= 11 is 0. The number of fused-ring (bicyclic) bond motifs is 2. The van der Waals surface area contributed by atoms with Crippen LogP contribution in [0.15, 0.2) is 45.6 Å². The number of benzene rings is 2. The van der Waals surface area contributed by atoms with E-state index < -0.39 is 0 Å². The molecule has 0 saturated heterocycles. The van der Waals surface area contributed by atoms with Gasteiger partial charge in [0.05, 0.1) is 0 Å². The minimum atomic E-state index is -0.0761. The molecule has 1 aliphatic heterocycles. The third-order valence-corrected chi connectivity index (χ3v) is 3.14. The van der Waals surface area contributed by atoms with Gasteiger partial charge in [0.1, 0.15) is 17.1 Å². The largest absolute Gasteiger partial charge is 0.508 e. The Hall–Kier alpha value is -2.29. The third-order valence-electron chi connectivity index (χ3n) is 3.14. The van der Waals surface area contributed by atoms with Crippen LogP contribution >= 0.6 is 0 Å². The van der Waals surface area contributed by atoms with E-state index in [4.69, 9.17) is 4.42 Å². The molecule has 0 amide bonds. The van der Waals surface area contributed by atoms with Crippen LogP contribution in [0.25, 0.3) is 22.3 Å². The molecule has 0 saturated carbocycles. The maximum atomic E-state index is 11.4. The van der Waals surface area contributed by atoms with E-state index in [1.807, 2.05) is 6.07 Å². The predicted octanol–water partition coefficient (Wildman–Crippen LogP) is 3.17. The molecule has 0 spiro atoms. The number of aromatic hydroxyl groups is 1. The Labute approximate surface area is 104 Å². The normalized spacial score (nSPS) is 11.2. The number of rotatable bonds is 1. The van der Waals surface area contributed by atoms with Gasteiger partial charge in [0.2, 0.25) is 0 Å². The van der Waals surface area contributed by atoms with Gasteiger partial charge in [-0.15, -0.1) is 0 Å². The fraction of sp³-hybridized carbons (Fsp3) is 0.133. The van der Waals surface area contributed by atoms with E-state index in [9.17, 15) is 9.90 Å². The van der Waals surface area contributed by atoms with E-state index in [-0.39, 0.29) is 11.2 Å². The molecule has 2 aliphatic rings. The van der Waals surface area contributed by atoms with Gasteiger partial charge in [0.25, 0.3) is 0 Å². The molecule has 3 rings (SSSR count). The maximum absolute atomic E-state index is 11.4. The van der Waals surface area contributed by atoms with Crippen molar-refractivity contribution in [3.63, 3.8) is 0 Å². The molecule has 1 heterocycles. The summed E-state index contributed by atoms with van der Waals surface area (Å²) in [6.07, 6.45) is 0.840. The number of hydrogen-bond donors (Lipinski definition) is 1. The number of phenolic OH excluding ortho intramolecular Hbond substituents is 1. The van der Waals surface area contributed by atoms with Gasteiger partial charge < -0.3 is 9.52 Å². The first-order valence-corrected chi connectivity index (χ1v) is 5.87. The predicted molar refractivity (Wildman–Crippen MR) is 70.1 cm³/mol. The van der Waals surface area contributed by atoms with E-state index in [0.717, 1.165) is 22.9 Å². The quantitative estimate of drug-likeness (QED) is 0.665. The summed E-state index contributed by atoms with van der Waals surface area (Å²) in [6, 6.07) is 9.89. The Morgan fingerprint density at radius 1 is 1.17 bits per heavy atom. The zero-order chi connectivity index (χ0) is 12.7. The second kappa shape index (κ2) is 3.88.